The molecule has 2 atom stereocenters. The quantitative estimate of drug-likeness (QED) is 0.787. The monoisotopic (exact) mass is 212 g/mol. The fraction of sp³-hybridized carbons (Fsp3) is 0.667. The molecule has 1 aromatic rings. The highest BCUT2D eigenvalue weighted by Crippen LogP contribution is 2.34. The van der Waals surface area contributed by atoms with Gasteiger partial charge in [0.25, 0.3) is 0 Å². The fourth-order valence-electron chi connectivity index (χ4n) is 1.60. The molecule has 14 heavy (non-hydrogen) atoms. The van der Waals surface area contributed by atoms with Gasteiger partial charge in [-0.05, 0) is 30.7 Å². The maximum Gasteiger partial charge on any atom is 0.0985 e. The van der Waals surface area contributed by atoms with Gasteiger partial charge < -0.3 is 5.11 Å². The molecule has 0 fully saturated rings. The average molecular weight is 212 g/mol. The van der Waals surface area contributed by atoms with Gasteiger partial charge in [0.15, 0.2) is 0 Å². The van der Waals surface area contributed by atoms with Crippen LogP contribution in [0.2, 0.25) is 0 Å². The Kier molecular flexibility index (Phi) is 4.14. The van der Waals surface area contributed by atoms with Crippen molar-refractivity contribution in [2.45, 2.75) is 45.6 Å². The van der Waals surface area contributed by atoms with Crippen molar-refractivity contribution in [3.05, 3.63) is 22.4 Å². The SMILES string of the molecule is CCCCC(C)C(C)(O)c1cccs1. The molecule has 2 unspecified atom stereocenters. The van der Waals surface area contributed by atoms with Crippen LogP contribution in [-0.4, -0.2) is 5.11 Å². The molecule has 0 aliphatic carbocycles. The highest BCUT2D eigenvalue weighted by molar-refractivity contribution is 7.10. The first-order valence-corrected chi connectivity index (χ1v) is 6.23. The predicted octanol–water partition coefficient (Wildman–Crippen LogP) is 3.78. The van der Waals surface area contributed by atoms with Crippen molar-refractivity contribution in [3.63, 3.8) is 0 Å². The number of hydrogen-bond donors (Lipinski definition) is 1. The Morgan fingerprint density at radius 3 is 2.79 bits per heavy atom. The second-order valence-corrected chi connectivity index (χ2v) is 5.12. The largest absolute Gasteiger partial charge is 0.384 e. The lowest BCUT2D eigenvalue weighted by molar-refractivity contribution is 0.000743. The van der Waals surface area contributed by atoms with E-state index in [1.54, 1.807) is 11.3 Å². The molecular formula is C12H20OS. The van der Waals surface area contributed by atoms with Crippen molar-refractivity contribution in [1.29, 1.82) is 0 Å². The minimum absolute atomic E-state index is 0.334. The van der Waals surface area contributed by atoms with Crippen LogP contribution in [0.4, 0.5) is 0 Å². The first-order chi connectivity index (χ1) is 6.59. The van der Waals surface area contributed by atoms with E-state index in [9.17, 15) is 5.11 Å². The van der Waals surface area contributed by atoms with Crippen LogP contribution in [0.15, 0.2) is 17.5 Å². The van der Waals surface area contributed by atoms with Crippen molar-refractivity contribution < 1.29 is 5.11 Å². The van der Waals surface area contributed by atoms with Gasteiger partial charge in [0.05, 0.1) is 5.60 Å². The Balaban J connectivity index is 2.64. The Bertz CT molecular complexity index is 251. The van der Waals surface area contributed by atoms with Crippen LogP contribution in [0.3, 0.4) is 0 Å². The summed E-state index contributed by atoms with van der Waals surface area (Å²) in [6.45, 7) is 6.25. The molecule has 1 rings (SSSR count). The molecule has 0 amide bonds. The van der Waals surface area contributed by atoms with E-state index < -0.39 is 5.60 Å². The third kappa shape index (κ3) is 2.58. The molecule has 0 radical (unpaired) electrons. The molecule has 0 aliphatic heterocycles. The van der Waals surface area contributed by atoms with Crippen LogP contribution in [0, 0.1) is 5.92 Å². The zero-order valence-corrected chi connectivity index (χ0v) is 10.1. The molecule has 80 valence electrons. The fourth-order valence-corrected chi connectivity index (χ4v) is 2.50. The lowest BCUT2D eigenvalue weighted by atomic mass is 9.85. The van der Waals surface area contributed by atoms with Crippen molar-refractivity contribution in [2.75, 3.05) is 0 Å². The summed E-state index contributed by atoms with van der Waals surface area (Å²) in [5.41, 5.74) is -0.649. The summed E-state index contributed by atoms with van der Waals surface area (Å²) < 4.78 is 0. The molecule has 2 heteroatoms. The third-order valence-electron chi connectivity index (χ3n) is 2.97. The number of aliphatic hydroxyl groups is 1. The molecule has 0 saturated heterocycles. The van der Waals surface area contributed by atoms with Gasteiger partial charge in [0.2, 0.25) is 0 Å². The van der Waals surface area contributed by atoms with E-state index in [2.05, 4.69) is 13.8 Å². The van der Waals surface area contributed by atoms with E-state index in [0.29, 0.717) is 5.92 Å². The van der Waals surface area contributed by atoms with Gasteiger partial charge in [-0.2, -0.15) is 0 Å². The minimum atomic E-state index is -0.649. The zero-order valence-electron chi connectivity index (χ0n) is 9.29. The van der Waals surface area contributed by atoms with E-state index in [1.807, 2.05) is 24.4 Å². The average Bonchev–Trinajstić information content (AvgIpc) is 2.67. The highest BCUT2D eigenvalue weighted by atomic mass is 32.1. The van der Waals surface area contributed by atoms with Crippen molar-refractivity contribution >= 4 is 11.3 Å². The molecule has 0 aromatic carbocycles. The molecule has 1 nitrogen and oxygen atoms in total. The van der Waals surface area contributed by atoms with Crippen LogP contribution in [0.1, 0.15) is 44.9 Å². The Hall–Kier alpha value is -0.340. The molecule has 0 bridgehead atoms. The zero-order chi connectivity index (χ0) is 10.6. The Labute approximate surface area is 90.8 Å². The van der Waals surface area contributed by atoms with Crippen LogP contribution in [0.5, 0.6) is 0 Å². The predicted molar refractivity (Wildman–Crippen MR) is 62.6 cm³/mol. The molecule has 1 N–H and O–H groups in total. The maximum atomic E-state index is 10.4. The number of thiophene rings is 1. The molecule has 0 saturated carbocycles. The van der Waals surface area contributed by atoms with E-state index >= 15 is 0 Å². The van der Waals surface area contributed by atoms with Crippen molar-refractivity contribution in [1.82, 2.24) is 0 Å². The van der Waals surface area contributed by atoms with E-state index in [-0.39, 0.29) is 0 Å². The van der Waals surface area contributed by atoms with Crippen LogP contribution in [0.25, 0.3) is 0 Å². The highest BCUT2D eigenvalue weighted by Gasteiger charge is 2.30. The first kappa shape index (κ1) is 11.7. The summed E-state index contributed by atoms with van der Waals surface area (Å²) in [5, 5.41) is 12.4. The summed E-state index contributed by atoms with van der Waals surface area (Å²) in [5.74, 6) is 0.334. The molecule has 0 aliphatic rings. The lowest BCUT2D eigenvalue weighted by Gasteiger charge is -2.29. The van der Waals surface area contributed by atoms with Gasteiger partial charge in [-0.1, -0.05) is 32.8 Å². The van der Waals surface area contributed by atoms with E-state index in [0.717, 1.165) is 11.3 Å². The summed E-state index contributed by atoms with van der Waals surface area (Å²) in [6, 6.07) is 4.02. The normalized spacial score (nSPS) is 17.7. The minimum Gasteiger partial charge on any atom is -0.384 e. The van der Waals surface area contributed by atoms with Gasteiger partial charge in [0, 0.05) is 4.88 Å². The second-order valence-electron chi connectivity index (χ2n) is 4.17. The molecular weight excluding hydrogens is 192 g/mol. The number of rotatable bonds is 5. The van der Waals surface area contributed by atoms with E-state index in [4.69, 9.17) is 0 Å². The van der Waals surface area contributed by atoms with Gasteiger partial charge in [-0.15, -0.1) is 11.3 Å². The number of hydrogen-bond acceptors (Lipinski definition) is 2. The summed E-state index contributed by atoms with van der Waals surface area (Å²) in [7, 11) is 0. The second kappa shape index (κ2) is 4.94. The topological polar surface area (TPSA) is 20.2 Å². The van der Waals surface area contributed by atoms with Crippen molar-refractivity contribution in [3.8, 4) is 0 Å². The third-order valence-corrected chi connectivity index (χ3v) is 4.07. The van der Waals surface area contributed by atoms with E-state index in [1.165, 1.54) is 12.8 Å². The van der Waals surface area contributed by atoms with Crippen LogP contribution < -0.4 is 0 Å². The first-order valence-electron chi connectivity index (χ1n) is 5.35. The summed E-state index contributed by atoms with van der Waals surface area (Å²) in [4.78, 5) is 1.08. The summed E-state index contributed by atoms with van der Waals surface area (Å²) >= 11 is 1.64. The smallest absolute Gasteiger partial charge is 0.0985 e. The molecule has 1 aromatic heterocycles. The van der Waals surface area contributed by atoms with Crippen LogP contribution in [-0.2, 0) is 5.60 Å². The van der Waals surface area contributed by atoms with Gasteiger partial charge >= 0.3 is 0 Å². The van der Waals surface area contributed by atoms with Gasteiger partial charge in [-0.3, -0.25) is 0 Å². The van der Waals surface area contributed by atoms with Crippen LogP contribution >= 0.6 is 11.3 Å². The maximum absolute atomic E-state index is 10.4. The lowest BCUT2D eigenvalue weighted by Crippen LogP contribution is -2.28. The molecule has 0 spiro atoms. The summed E-state index contributed by atoms with van der Waals surface area (Å²) in [6.07, 6.45) is 3.49. The number of unbranched alkanes of at least 4 members (excludes halogenated alkanes) is 1. The Morgan fingerprint density at radius 1 is 1.57 bits per heavy atom. The molecule has 1 heterocycles. The van der Waals surface area contributed by atoms with Gasteiger partial charge in [0.1, 0.15) is 0 Å². The standard InChI is InChI=1S/C12H20OS/c1-4-5-7-10(2)12(3,13)11-8-6-9-14-11/h6,8-10,13H,4-5,7H2,1-3H3. The Morgan fingerprint density at radius 2 is 2.29 bits per heavy atom. The van der Waals surface area contributed by atoms with Crippen molar-refractivity contribution in [2.24, 2.45) is 5.92 Å². The van der Waals surface area contributed by atoms with Gasteiger partial charge in [-0.25, -0.2) is 0 Å².